The maximum Gasteiger partial charge on any atom is 0.243 e. The maximum absolute atomic E-state index is 13.1. The molecule has 1 aliphatic rings. The van der Waals surface area contributed by atoms with Crippen LogP contribution in [0.3, 0.4) is 0 Å². The van der Waals surface area contributed by atoms with Crippen molar-refractivity contribution in [2.75, 3.05) is 18.4 Å². The van der Waals surface area contributed by atoms with Crippen molar-refractivity contribution in [3.8, 4) is 0 Å². The molecule has 0 aromatic heterocycles. The predicted octanol–water partition coefficient (Wildman–Crippen LogP) is 3.66. The second kappa shape index (κ2) is 7.92. The van der Waals surface area contributed by atoms with Gasteiger partial charge in [-0.3, -0.25) is 4.79 Å². The molecule has 1 N–H and O–H groups in total. The number of hydrogen-bond acceptors (Lipinski definition) is 3. The number of piperidine rings is 1. The highest BCUT2D eigenvalue weighted by Crippen LogP contribution is 2.27. The Labute approximate surface area is 161 Å². The zero-order valence-corrected chi connectivity index (χ0v) is 15.7. The smallest absolute Gasteiger partial charge is 0.243 e. The molecule has 0 spiro atoms. The number of hydrogen-bond donors (Lipinski definition) is 1. The highest BCUT2D eigenvalue weighted by molar-refractivity contribution is 7.89. The van der Waals surface area contributed by atoms with E-state index in [0.29, 0.717) is 18.5 Å². The first-order chi connectivity index (χ1) is 12.8. The second-order valence-corrected chi connectivity index (χ2v) is 8.59. The van der Waals surface area contributed by atoms with Gasteiger partial charge >= 0.3 is 0 Å². The van der Waals surface area contributed by atoms with Crippen molar-refractivity contribution in [3.63, 3.8) is 0 Å². The molecule has 0 unspecified atom stereocenters. The summed E-state index contributed by atoms with van der Waals surface area (Å²) < 4.78 is 52.6. The summed E-state index contributed by atoms with van der Waals surface area (Å²) in [5.41, 5.74) is 0.310. The number of anilines is 1. The molecule has 27 heavy (non-hydrogen) atoms. The van der Waals surface area contributed by atoms with Crippen molar-refractivity contribution in [3.05, 3.63) is 59.1 Å². The standard InChI is InChI=1S/C18H17ClF2N2O3S/c19-16-11-14(21)3-6-17(16)22-18(24)12-7-9-23(10-8-12)27(25,26)15-4-1-13(20)2-5-15/h1-6,11-12H,7-10H2,(H,22,24). The molecule has 0 saturated carbocycles. The fourth-order valence-corrected chi connectivity index (χ4v) is 4.62. The molecule has 1 amide bonds. The molecule has 144 valence electrons. The third-order valence-corrected chi connectivity index (χ3v) is 6.69. The van der Waals surface area contributed by atoms with E-state index in [0.717, 1.165) is 18.2 Å². The van der Waals surface area contributed by atoms with E-state index in [1.165, 1.54) is 28.6 Å². The Morgan fingerprint density at radius 1 is 1.04 bits per heavy atom. The molecule has 1 heterocycles. The monoisotopic (exact) mass is 414 g/mol. The lowest BCUT2D eigenvalue weighted by Gasteiger charge is -2.30. The summed E-state index contributed by atoms with van der Waals surface area (Å²) >= 11 is 5.91. The first-order valence-corrected chi connectivity index (χ1v) is 10.1. The van der Waals surface area contributed by atoms with Gasteiger partial charge in [-0.1, -0.05) is 11.6 Å². The lowest BCUT2D eigenvalue weighted by molar-refractivity contribution is -0.120. The Morgan fingerprint density at radius 3 is 2.22 bits per heavy atom. The normalized spacial score (nSPS) is 16.3. The second-order valence-electron chi connectivity index (χ2n) is 6.25. The van der Waals surface area contributed by atoms with Crippen molar-refractivity contribution in [2.45, 2.75) is 17.7 Å². The fraction of sp³-hybridized carbons (Fsp3) is 0.278. The van der Waals surface area contributed by atoms with Crippen molar-refractivity contribution >= 4 is 33.2 Å². The van der Waals surface area contributed by atoms with Crippen LogP contribution in [0.5, 0.6) is 0 Å². The maximum atomic E-state index is 13.1. The Balaban J connectivity index is 1.62. The molecule has 0 bridgehead atoms. The minimum Gasteiger partial charge on any atom is -0.325 e. The topological polar surface area (TPSA) is 66.5 Å². The lowest BCUT2D eigenvalue weighted by atomic mass is 9.97. The lowest BCUT2D eigenvalue weighted by Crippen LogP contribution is -2.41. The zero-order valence-electron chi connectivity index (χ0n) is 14.2. The van der Waals surface area contributed by atoms with Gasteiger partial charge in [0.25, 0.3) is 0 Å². The summed E-state index contributed by atoms with van der Waals surface area (Å²) in [5.74, 6) is -1.69. The van der Waals surface area contributed by atoms with Crippen LogP contribution in [-0.2, 0) is 14.8 Å². The molecular formula is C18H17ClF2N2O3S. The quantitative estimate of drug-likeness (QED) is 0.830. The summed E-state index contributed by atoms with van der Waals surface area (Å²) in [6.45, 7) is 0.351. The third-order valence-electron chi connectivity index (χ3n) is 4.47. The van der Waals surface area contributed by atoms with E-state index < -0.39 is 21.7 Å². The van der Waals surface area contributed by atoms with E-state index in [1.807, 2.05) is 0 Å². The number of nitrogens with one attached hydrogen (secondary N) is 1. The fourth-order valence-electron chi connectivity index (χ4n) is 2.94. The van der Waals surface area contributed by atoms with Gasteiger partial charge in [0.1, 0.15) is 11.6 Å². The molecule has 5 nitrogen and oxygen atoms in total. The first kappa shape index (κ1) is 19.7. The molecule has 2 aromatic carbocycles. The molecule has 3 rings (SSSR count). The van der Waals surface area contributed by atoms with E-state index in [9.17, 15) is 22.0 Å². The van der Waals surface area contributed by atoms with Crippen LogP contribution in [0.25, 0.3) is 0 Å². The molecular weight excluding hydrogens is 398 g/mol. The minimum absolute atomic E-state index is 0.0184. The SMILES string of the molecule is O=C(Nc1ccc(F)cc1Cl)C1CCN(S(=O)(=O)c2ccc(F)cc2)CC1. The first-order valence-electron chi connectivity index (χ1n) is 8.29. The van der Waals surface area contributed by atoms with E-state index in [-0.39, 0.29) is 34.8 Å². The number of halogens is 3. The van der Waals surface area contributed by atoms with Crippen molar-refractivity contribution in [1.82, 2.24) is 4.31 Å². The summed E-state index contributed by atoms with van der Waals surface area (Å²) in [5, 5.41) is 2.75. The van der Waals surface area contributed by atoms with Gasteiger partial charge in [0.2, 0.25) is 15.9 Å². The Bertz CT molecular complexity index is 944. The Morgan fingerprint density at radius 2 is 1.63 bits per heavy atom. The van der Waals surface area contributed by atoms with Gasteiger partial charge in [-0.15, -0.1) is 0 Å². The predicted molar refractivity (Wildman–Crippen MR) is 97.9 cm³/mol. The van der Waals surface area contributed by atoms with Crippen LogP contribution in [0.1, 0.15) is 12.8 Å². The average Bonchev–Trinajstić information content (AvgIpc) is 2.64. The average molecular weight is 415 g/mol. The minimum atomic E-state index is -3.73. The number of rotatable bonds is 4. The number of carbonyl (C=O) groups is 1. The van der Waals surface area contributed by atoms with E-state index in [1.54, 1.807) is 0 Å². The van der Waals surface area contributed by atoms with E-state index >= 15 is 0 Å². The number of benzene rings is 2. The van der Waals surface area contributed by atoms with E-state index in [2.05, 4.69) is 5.32 Å². The highest BCUT2D eigenvalue weighted by atomic mass is 35.5. The Hall–Kier alpha value is -2.03. The van der Waals surface area contributed by atoms with Crippen LogP contribution in [-0.4, -0.2) is 31.7 Å². The molecule has 1 aliphatic heterocycles. The summed E-state index contributed by atoms with van der Waals surface area (Å²) in [7, 11) is -3.73. The van der Waals surface area contributed by atoms with Crippen LogP contribution < -0.4 is 5.32 Å². The van der Waals surface area contributed by atoms with Crippen LogP contribution in [0.15, 0.2) is 47.4 Å². The van der Waals surface area contributed by atoms with Crippen molar-refractivity contribution < 1.29 is 22.0 Å². The van der Waals surface area contributed by atoms with Gasteiger partial charge < -0.3 is 5.32 Å². The van der Waals surface area contributed by atoms with Crippen LogP contribution in [0, 0.1) is 17.6 Å². The molecule has 0 atom stereocenters. The van der Waals surface area contributed by atoms with Gasteiger partial charge in [-0.2, -0.15) is 4.31 Å². The third kappa shape index (κ3) is 4.45. The molecule has 2 aromatic rings. The highest BCUT2D eigenvalue weighted by Gasteiger charge is 2.32. The van der Waals surface area contributed by atoms with Crippen LogP contribution in [0.4, 0.5) is 14.5 Å². The molecule has 1 fully saturated rings. The molecule has 0 aliphatic carbocycles. The zero-order chi connectivity index (χ0) is 19.6. The van der Waals surface area contributed by atoms with Crippen molar-refractivity contribution in [2.24, 2.45) is 5.92 Å². The van der Waals surface area contributed by atoms with Crippen molar-refractivity contribution in [1.29, 1.82) is 0 Å². The Kier molecular flexibility index (Phi) is 5.78. The van der Waals surface area contributed by atoms with E-state index in [4.69, 9.17) is 11.6 Å². The van der Waals surface area contributed by atoms with Gasteiger partial charge in [0.15, 0.2) is 0 Å². The largest absolute Gasteiger partial charge is 0.325 e. The number of amides is 1. The van der Waals surface area contributed by atoms with Gasteiger partial charge in [-0.25, -0.2) is 17.2 Å². The van der Waals surface area contributed by atoms with Crippen LogP contribution in [0.2, 0.25) is 5.02 Å². The molecule has 9 heteroatoms. The summed E-state index contributed by atoms with van der Waals surface area (Å²) in [4.78, 5) is 12.4. The number of carbonyl (C=O) groups excluding carboxylic acids is 1. The van der Waals surface area contributed by atoms with Crippen LogP contribution >= 0.6 is 11.6 Å². The molecule has 0 radical (unpaired) electrons. The summed E-state index contributed by atoms with van der Waals surface area (Å²) in [6, 6.07) is 8.32. The summed E-state index contributed by atoms with van der Waals surface area (Å²) in [6.07, 6.45) is 0.677. The van der Waals surface area contributed by atoms with Gasteiger partial charge in [0, 0.05) is 19.0 Å². The van der Waals surface area contributed by atoms with Gasteiger partial charge in [0.05, 0.1) is 15.6 Å². The molecule has 1 saturated heterocycles. The number of nitrogens with zero attached hydrogens (tertiary/aromatic N) is 1. The van der Waals surface area contributed by atoms with Gasteiger partial charge in [-0.05, 0) is 55.3 Å². The number of sulfonamides is 1.